The molecule has 1 nitrogen and oxygen atoms in total. The molecule has 0 aromatic heterocycles. The highest BCUT2D eigenvalue weighted by Gasteiger charge is 2.23. The Morgan fingerprint density at radius 2 is 1.39 bits per heavy atom. The van der Waals surface area contributed by atoms with Gasteiger partial charge in [-0.2, -0.15) is 0 Å². The minimum absolute atomic E-state index is 0.699. The van der Waals surface area contributed by atoms with E-state index in [1.807, 2.05) is 0 Å². The van der Waals surface area contributed by atoms with Gasteiger partial charge in [-0.1, -0.05) is 79.8 Å². The third-order valence-electron chi connectivity index (χ3n) is 5.83. The maximum absolute atomic E-state index is 5.70. The van der Waals surface area contributed by atoms with Gasteiger partial charge in [0.25, 0.3) is 0 Å². The smallest absolute Gasteiger partial charge is 0.0721 e. The van der Waals surface area contributed by atoms with Crippen molar-refractivity contribution in [3.63, 3.8) is 0 Å². The van der Waals surface area contributed by atoms with Crippen LogP contribution in [0.3, 0.4) is 0 Å². The van der Waals surface area contributed by atoms with Gasteiger partial charge in [0, 0.05) is 0 Å². The molecule has 0 atom stereocenters. The summed E-state index contributed by atoms with van der Waals surface area (Å²) in [4.78, 5) is 0. The predicted octanol–water partition coefficient (Wildman–Crippen LogP) is 7.64. The van der Waals surface area contributed by atoms with Gasteiger partial charge in [-0.05, 0) is 73.1 Å². The van der Waals surface area contributed by atoms with E-state index in [-0.39, 0.29) is 0 Å². The summed E-state index contributed by atoms with van der Waals surface area (Å²) in [5.41, 5.74) is 5.57. The van der Waals surface area contributed by atoms with Gasteiger partial charge in [0.15, 0.2) is 0 Å². The van der Waals surface area contributed by atoms with Crippen molar-refractivity contribution in [1.29, 1.82) is 0 Å². The lowest BCUT2D eigenvalue weighted by atomic mass is 9.76. The Morgan fingerprint density at radius 1 is 0.821 bits per heavy atom. The zero-order valence-corrected chi connectivity index (χ0v) is 17.4. The molecule has 1 aliphatic rings. The Bertz CT molecular complexity index is 744. The highest BCUT2D eigenvalue weighted by Crippen LogP contribution is 2.40. The highest BCUT2D eigenvalue weighted by molar-refractivity contribution is 5.49. The molecule has 0 spiro atoms. The molecule has 1 heteroatoms. The van der Waals surface area contributed by atoms with E-state index in [0.717, 1.165) is 12.3 Å². The molecule has 28 heavy (non-hydrogen) atoms. The maximum atomic E-state index is 5.70. The summed E-state index contributed by atoms with van der Waals surface area (Å²) >= 11 is 0. The summed E-state index contributed by atoms with van der Waals surface area (Å²) < 4.78 is 5.70. The van der Waals surface area contributed by atoms with Crippen LogP contribution in [0.25, 0.3) is 6.08 Å². The summed E-state index contributed by atoms with van der Waals surface area (Å²) in [6.07, 6.45) is 14.7. The minimum atomic E-state index is 0.699. The maximum Gasteiger partial charge on any atom is 0.0721 e. The second-order valence-electron chi connectivity index (χ2n) is 7.85. The average Bonchev–Trinajstić information content (AvgIpc) is 2.75. The van der Waals surface area contributed by atoms with Crippen molar-refractivity contribution in [1.82, 2.24) is 0 Å². The molecule has 0 unspecified atom stereocenters. The van der Waals surface area contributed by atoms with Gasteiger partial charge in [0.2, 0.25) is 0 Å². The van der Waals surface area contributed by atoms with Gasteiger partial charge in [0.05, 0.1) is 13.2 Å². The van der Waals surface area contributed by atoms with Crippen LogP contribution in [0.4, 0.5) is 0 Å². The molecule has 0 saturated heterocycles. The lowest BCUT2D eigenvalue weighted by Crippen LogP contribution is -2.12. The number of benzene rings is 2. The van der Waals surface area contributed by atoms with Crippen LogP contribution in [0.1, 0.15) is 80.0 Å². The number of rotatable bonds is 8. The summed E-state index contributed by atoms with van der Waals surface area (Å²) in [5, 5.41) is 0. The average molecular weight is 375 g/mol. The first-order chi connectivity index (χ1) is 13.8. The van der Waals surface area contributed by atoms with Crippen molar-refractivity contribution < 1.29 is 4.74 Å². The van der Waals surface area contributed by atoms with Crippen molar-refractivity contribution in [3.05, 3.63) is 89.0 Å². The van der Waals surface area contributed by atoms with Crippen LogP contribution in [0.15, 0.2) is 66.8 Å². The Morgan fingerprint density at radius 3 is 1.93 bits per heavy atom. The summed E-state index contributed by atoms with van der Waals surface area (Å²) in [6, 6.07) is 18.3. The van der Waals surface area contributed by atoms with Crippen LogP contribution >= 0.6 is 0 Å². The lowest BCUT2D eigenvalue weighted by Gasteiger charge is -2.29. The number of allylic oxidation sites excluding steroid dienone is 2. The summed E-state index contributed by atoms with van der Waals surface area (Å²) in [5.74, 6) is 1.43. The molecule has 0 bridgehead atoms. The topological polar surface area (TPSA) is 9.23 Å². The molecule has 1 fully saturated rings. The van der Waals surface area contributed by atoms with Gasteiger partial charge >= 0.3 is 0 Å². The normalized spacial score (nSPS) is 20.2. The molecular weight excluding hydrogens is 340 g/mol. The standard InChI is InChI=1S/C27H34O/c1-3-5-6-20-28-21-23-10-14-25(15-11-23)27-18-16-26(17-19-27)24-12-8-22(7-4-2)9-13-24/h4-15,26-27H,3,16-21H2,1-2H3/b6-5?,7-4+. The van der Waals surface area contributed by atoms with Crippen LogP contribution in [0.5, 0.6) is 0 Å². The molecule has 3 rings (SSSR count). The molecule has 2 aromatic carbocycles. The van der Waals surface area contributed by atoms with E-state index in [9.17, 15) is 0 Å². The first-order valence-corrected chi connectivity index (χ1v) is 10.8. The summed E-state index contributed by atoms with van der Waals surface area (Å²) in [6.45, 7) is 5.61. The van der Waals surface area contributed by atoms with Gasteiger partial charge in [-0.15, -0.1) is 0 Å². The number of ether oxygens (including phenoxy) is 1. The van der Waals surface area contributed by atoms with E-state index in [4.69, 9.17) is 4.74 Å². The van der Waals surface area contributed by atoms with Gasteiger partial charge in [-0.25, -0.2) is 0 Å². The van der Waals surface area contributed by atoms with Crippen LogP contribution in [-0.4, -0.2) is 6.61 Å². The van der Waals surface area contributed by atoms with E-state index < -0.39 is 0 Å². The quantitative estimate of drug-likeness (QED) is 0.341. The molecule has 0 radical (unpaired) electrons. The second-order valence-corrected chi connectivity index (χ2v) is 7.85. The van der Waals surface area contributed by atoms with Crippen LogP contribution in [-0.2, 0) is 11.3 Å². The van der Waals surface area contributed by atoms with Gasteiger partial charge in [-0.3, -0.25) is 0 Å². The highest BCUT2D eigenvalue weighted by atomic mass is 16.5. The minimum Gasteiger partial charge on any atom is -0.373 e. The summed E-state index contributed by atoms with van der Waals surface area (Å²) in [7, 11) is 0. The molecular formula is C27H34O. The fourth-order valence-electron chi connectivity index (χ4n) is 4.20. The SMILES string of the molecule is C/C=C/c1ccc(C2CCC(c3ccc(COCC=CCC)cc3)CC2)cc1. The lowest BCUT2D eigenvalue weighted by molar-refractivity contribution is 0.148. The van der Waals surface area contributed by atoms with E-state index in [0.29, 0.717) is 19.1 Å². The van der Waals surface area contributed by atoms with Gasteiger partial charge in [0.1, 0.15) is 0 Å². The first kappa shape index (κ1) is 20.6. The van der Waals surface area contributed by atoms with Crippen LogP contribution in [0, 0.1) is 0 Å². The molecule has 148 valence electrons. The molecule has 0 N–H and O–H groups in total. The Hall–Kier alpha value is -2.12. The zero-order valence-electron chi connectivity index (χ0n) is 17.4. The van der Waals surface area contributed by atoms with E-state index in [2.05, 4.69) is 86.7 Å². The third-order valence-corrected chi connectivity index (χ3v) is 5.83. The van der Waals surface area contributed by atoms with Crippen molar-refractivity contribution in [2.75, 3.05) is 6.61 Å². The van der Waals surface area contributed by atoms with Crippen molar-refractivity contribution in [2.24, 2.45) is 0 Å². The van der Waals surface area contributed by atoms with E-state index >= 15 is 0 Å². The Labute approximate surface area is 171 Å². The van der Waals surface area contributed by atoms with E-state index in [1.54, 1.807) is 0 Å². The largest absolute Gasteiger partial charge is 0.373 e. The molecule has 0 amide bonds. The monoisotopic (exact) mass is 374 g/mol. The molecule has 2 aromatic rings. The van der Waals surface area contributed by atoms with Crippen molar-refractivity contribution in [2.45, 2.75) is 64.4 Å². The molecule has 1 saturated carbocycles. The number of hydrogen-bond donors (Lipinski definition) is 0. The molecule has 0 aliphatic heterocycles. The fourth-order valence-corrected chi connectivity index (χ4v) is 4.20. The van der Waals surface area contributed by atoms with Crippen LogP contribution in [0.2, 0.25) is 0 Å². The third kappa shape index (κ3) is 5.94. The first-order valence-electron chi connectivity index (χ1n) is 10.8. The molecule has 1 aliphatic carbocycles. The Balaban J connectivity index is 1.48. The Kier molecular flexibility index (Phi) is 8.11. The predicted molar refractivity (Wildman–Crippen MR) is 121 cm³/mol. The number of hydrogen-bond acceptors (Lipinski definition) is 1. The van der Waals surface area contributed by atoms with Crippen LogP contribution < -0.4 is 0 Å². The van der Waals surface area contributed by atoms with E-state index in [1.165, 1.54) is 47.9 Å². The van der Waals surface area contributed by atoms with Crippen molar-refractivity contribution in [3.8, 4) is 0 Å². The van der Waals surface area contributed by atoms with Crippen molar-refractivity contribution >= 4 is 6.08 Å². The van der Waals surface area contributed by atoms with Gasteiger partial charge < -0.3 is 4.74 Å². The second kappa shape index (κ2) is 11.0. The molecule has 0 heterocycles. The zero-order chi connectivity index (χ0) is 19.6. The fraction of sp³-hybridized carbons (Fsp3) is 0.407.